The highest BCUT2D eigenvalue weighted by Crippen LogP contribution is 2.38. The van der Waals surface area contributed by atoms with Gasteiger partial charge >= 0.3 is 0 Å². The summed E-state index contributed by atoms with van der Waals surface area (Å²) in [5.41, 5.74) is 0. The first-order valence-corrected chi connectivity index (χ1v) is 9.21. The Balaban J connectivity index is 1.20. The molecule has 6 heteroatoms. The molecule has 0 spiro atoms. The number of rotatable bonds is 8. The van der Waals surface area contributed by atoms with E-state index in [1.807, 2.05) is 30.3 Å². The van der Waals surface area contributed by atoms with Crippen molar-refractivity contribution in [2.75, 3.05) is 33.3 Å². The molecule has 0 radical (unpaired) electrons. The van der Waals surface area contributed by atoms with Crippen LogP contribution in [0.1, 0.15) is 36.9 Å². The molecule has 0 bridgehead atoms. The first kappa shape index (κ1) is 16.5. The molecule has 4 rings (SSSR count). The minimum Gasteiger partial charge on any atom is -0.492 e. The molecule has 2 fully saturated rings. The summed E-state index contributed by atoms with van der Waals surface area (Å²) in [6, 6.07) is 10.6. The summed E-state index contributed by atoms with van der Waals surface area (Å²) in [4.78, 5) is 9.35. The number of likely N-dealkylation sites (tertiary alicyclic amines) is 1. The Bertz CT molecular complexity index is 671. The zero-order chi connectivity index (χ0) is 17.1. The van der Waals surface area contributed by atoms with Crippen LogP contribution in [0, 0.1) is 0 Å². The van der Waals surface area contributed by atoms with Crippen molar-refractivity contribution < 1.29 is 9.26 Å². The second-order valence-electron chi connectivity index (χ2n) is 7.14. The Hall–Kier alpha value is -1.92. The van der Waals surface area contributed by atoms with Gasteiger partial charge in [0, 0.05) is 25.0 Å². The van der Waals surface area contributed by atoms with Gasteiger partial charge in [-0.2, -0.15) is 4.98 Å². The first-order chi connectivity index (χ1) is 12.3. The van der Waals surface area contributed by atoms with Gasteiger partial charge in [-0.15, -0.1) is 0 Å². The summed E-state index contributed by atoms with van der Waals surface area (Å²) >= 11 is 0. The summed E-state index contributed by atoms with van der Waals surface area (Å²) in [5, 5.41) is 4.13. The third-order valence-corrected chi connectivity index (χ3v) is 5.09. The number of hydrogen-bond acceptors (Lipinski definition) is 6. The van der Waals surface area contributed by atoms with Crippen LogP contribution in [0.4, 0.5) is 0 Å². The predicted molar refractivity (Wildman–Crippen MR) is 94.5 cm³/mol. The summed E-state index contributed by atoms with van der Waals surface area (Å²) in [5.74, 6) is 3.11. The molecular weight excluding hydrogens is 316 g/mol. The fraction of sp³-hybridized carbons (Fsp3) is 0.579. The van der Waals surface area contributed by atoms with Crippen molar-refractivity contribution in [1.29, 1.82) is 0 Å². The summed E-state index contributed by atoms with van der Waals surface area (Å²) in [6.45, 7) is 4.65. The van der Waals surface area contributed by atoms with E-state index in [-0.39, 0.29) is 0 Å². The van der Waals surface area contributed by atoms with Crippen LogP contribution in [0.25, 0.3) is 0 Å². The Morgan fingerprint density at radius 3 is 2.88 bits per heavy atom. The number of benzene rings is 1. The zero-order valence-corrected chi connectivity index (χ0v) is 14.8. The molecule has 2 aliphatic rings. The van der Waals surface area contributed by atoms with Gasteiger partial charge in [-0.3, -0.25) is 9.80 Å². The fourth-order valence-electron chi connectivity index (χ4n) is 3.36. The molecule has 2 aromatic rings. The second kappa shape index (κ2) is 7.54. The highest BCUT2D eigenvalue weighted by Gasteiger charge is 2.30. The third kappa shape index (κ3) is 4.38. The fourth-order valence-corrected chi connectivity index (χ4v) is 3.36. The first-order valence-electron chi connectivity index (χ1n) is 9.21. The van der Waals surface area contributed by atoms with Crippen LogP contribution < -0.4 is 4.74 Å². The van der Waals surface area contributed by atoms with E-state index in [0.29, 0.717) is 12.0 Å². The molecular formula is C19H26N4O2. The summed E-state index contributed by atoms with van der Waals surface area (Å²) < 4.78 is 11.2. The van der Waals surface area contributed by atoms with Gasteiger partial charge in [-0.25, -0.2) is 0 Å². The molecule has 1 aromatic carbocycles. The van der Waals surface area contributed by atoms with Gasteiger partial charge in [0.1, 0.15) is 12.4 Å². The third-order valence-electron chi connectivity index (χ3n) is 5.09. The normalized spacial score (nSPS) is 21.1. The highest BCUT2D eigenvalue weighted by atomic mass is 16.5. The van der Waals surface area contributed by atoms with Crippen molar-refractivity contribution in [3.05, 3.63) is 42.0 Å². The average Bonchev–Trinajstić information content (AvgIpc) is 3.19. The molecule has 1 atom stereocenters. The molecule has 0 unspecified atom stereocenters. The van der Waals surface area contributed by atoms with E-state index in [1.165, 1.54) is 19.3 Å². The molecule has 6 nitrogen and oxygen atoms in total. The lowest BCUT2D eigenvalue weighted by Crippen LogP contribution is -2.35. The van der Waals surface area contributed by atoms with Crippen molar-refractivity contribution in [3.63, 3.8) is 0 Å². The van der Waals surface area contributed by atoms with E-state index in [2.05, 4.69) is 27.0 Å². The smallest absolute Gasteiger partial charge is 0.229 e. The molecule has 0 amide bonds. The van der Waals surface area contributed by atoms with Gasteiger partial charge in [0.2, 0.25) is 5.89 Å². The molecule has 1 aliphatic heterocycles. The number of nitrogens with zero attached hydrogens (tertiary/aromatic N) is 4. The Labute approximate surface area is 148 Å². The minimum absolute atomic E-state index is 0.526. The van der Waals surface area contributed by atoms with E-state index in [9.17, 15) is 0 Å². The lowest BCUT2D eigenvalue weighted by molar-refractivity contribution is 0.200. The molecule has 25 heavy (non-hydrogen) atoms. The monoisotopic (exact) mass is 342 g/mol. The van der Waals surface area contributed by atoms with Crippen LogP contribution >= 0.6 is 0 Å². The lowest BCUT2D eigenvalue weighted by atomic mass is 10.2. The van der Waals surface area contributed by atoms with Crippen molar-refractivity contribution in [2.45, 2.75) is 37.8 Å². The predicted octanol–water partition coefficient (Wildman–Crippen LogP) is 2.53. The van der Waals surface area contributed by atoms with E-state index < -0.39 is 0 Å². The summed E-state index contributed by atoms with van der Waals surface area (Å²) in [6.07, 6.45) is 3.56. The standard InChI is InChI=1S/C19H26N4O2/c1-22(14-18-20-19(25-21-18)15-7-8-15)16-9-10-23(13-16)11-12-24-17-5-3-2-4-6-17/h2-6,15-16H,7-14H2,1H3/t16-/m0/s1. The molecule has 134 valence electrons. The molecule has 1 saturated heterocycles. The van der Waals surface area contributed by atoms with Gasteiger partial charge < -0.3 is 9.26 Å². The number of likely N-dealkylation sites (N-methyl/N-ethyl adjacent to an activating group) is 1. The largest absolute Gasteiger partial charge is 0.492 e. The maximum Gasteiger partial charge on any atom is 0.229 e. The Morgan fingerprint density at radius 2 is 2.08 bits per heavy atom. The van der Waals surface area contributed by atoms with E-state index >= 15 is 0 Å². The van der Waals surface area contributed by atoms with Crippen molar-refractivity contribution in [3.8, 4) is 5.75 Å². The highest BCUT2D eigenvalue weighted by molar-refractivity contribution is 5.20. The van der Waals surface area contributed by atoms with Crippen molar-refractivity contribution in [2.24, 2.45) is 0 Å². The average molecular weight is 342 g/mol. The van der Waals surface area contributed by atoms with E-state index in [4.69, 9.17) is 9.26 Å². The lowest BCUT2D eigenvalue weighted by Gasteiger charge is -2.23. The molecule has 1 saturated carbocycles. The van der Waals surface area contributed by atoms with Crippen LogP contribution in [-0.2, 0) is 6.54 Å². The quantitative estimate of drug-likeness (QED) is 0.735. The number of aromatic nitrogens is 2. The van der Waals surface area contributed by atoms with Gasteiger partial charge in [0.05, 0.1) is 6.54 Å². The number of para-hydroxylation sites is 1. The topological polar surface area (TPSA) is 54.6 Å². The van der Waals surface area contributed by atoms with Crippen molar-refractivity contribution >= 4 is 0 Å². The second-order valence-corrected chi connectivity index (χ2v) is 7.14. The van der Waals surface area contributed by atoms with E-state index in [0.717, 1.165) is 50.3 Å². The molecule has 1 aliphatic carbocycles. The molecule has 1 aromatic heterocycles. The number of hydrogen-bond donors (Lipinski definition) is 0. The summed E-state index contributed by atoms with van der Waals surface area (Å²) in [7, 11) is 2.15. The van der Waals surface area contributed by atoms with Crippen LogP contribution in [0.3, 0.4) is 0 Å². The Kier molecular flexibility index (Phi) is 4.99. The van der Waals surface area contributed by atoms with Gasteiger partial charge in [-0.05, 0) is 45.0 Å². The Morgan fingerprint density at radius 1 is 1.24 bits per heavy atom. The SMILES string of the molecule is CN(Cc1noc(C2CC2)n1)[C@H]1CCN(CCOc2ccccc2)C1. The molecule has 2 heterocycles. The van der Waals surface area contributed by atoms with Gasteiger partial charge in [0.15, 0.2) is 5.82 Å². The minimum atomic E-state index is 0.526. The van der Waals surface area contributed by atoms with Gasteiger partial charge in [-0.1, -0.05) is 23.4 Å². The van der Waals surface area contributed by atoms with Crippen molar-refractivity contribution in [1.82, 2.24) is 19.9 Å². The maximum absolute atomic E-state index is 5.80. The molecule has 0 N–H and O–H groups in total. The number of ether oxygens (including phenoxy) is 1. The maximum atomic E-state index is 5.80. The zero-order valence-electron chi connectivity index (χ0n) is 14.8. The van der Waals surface area contributed by atoms with Gasteiger partial charge in [0.25, 0.3) is 0 Å². The van der Waals surface area contributed by atoms with E-state index in [1.54, 1.807) is 0 Å². The van der Waals surface area contributed by atoms with Crippen LogP contribution in [-0.4, -0.2) is 59.3 Å². The van der Waals surface area contributed by atoms with Crippen LogP contribution in [0.2, 0.25) is 0 Å². The van der Waals surface area contributed by atoms with Crippen LogP contribution in [0.5, 0.6) is 5.75 Å². The van der Waals surface area contributed by atoms with Crippen LogP contribution in [0.15, 0.2) is 34.9 Å².